The van der Waals surface area contributed by atoms with Gasteiger partial charge in [0.2, 0.25) is 0 Å². The van der Waals surface area contributed by atoms with Gasteiger partial charge in [-0.1, -0.05) is 196 Å². The number of fused-ring (bicyclic) bond motifs is 4. The summed E-state index contributed by atoms with van der Waals surface area (Å²) in [7, 11) is 0. The molecule has 5 aromatic heterocycles. The van der Waals surface area contributed by atoms with Crippen molar-refractivity contribution in [3.8, 4) is 95.6 Å². The maximum absolute atomic E-state index is 6.75. The molecule has 0 spiro atoms. The zero-order valence-electron chi connectivity index (χ0n) is 46.2. The molecular formula is C75H54N6OPt-2. The van der Waals surface area contributed by atoms with Crippen molar-refractivity contribution >= 4 is 32.8 Å². The van der Waals surface area contributed by atoms with Gasteiger partial charge in [0.1, 0.15) is 5.82 Å². The van der Waals surface area contributed by atoms with Crippen LogP contribution in [0.4, 0.5) is 0 Å². The zero-order chi connectivity index (χ0) is 55.3. The number of hydrogen-bond acceptors (Lipinski definition) is 4. The van der Waals surface area contributed by atoms with E-state index in [9.17, 15) is 0 Å². The van der Waals surface area contributed by atoms with Crippen LogP contribution < -0.4 is 9.30 Å². The molecule has 5 heterocycles. The van der Waals surface area contributed by atoms with Gasteiger partial charge in [-0.2, -0.15) is 18.2 Å². The summed E-state index contributed by atoms with van der Waals surface area (Å²) >= 11 is 0. The number of imidazole rings is 1. The van der Waals surface area contributed by atoms with Gasteiger partial charge >= 0.3 is 0 Å². The second-order valence-corrected chi connectivity index (χ2v) is 21.8. The molecule has 0 aliphatic carbocycles. The summed E-state index contributed by atoms with van der Waals surface area (Å²) in [6, 6.07) is 90.9. The SMILES string of the molecule is Cc1cc2c(cn1)c1ccc(Oc3[c-]c(-n4[c-][n+](-c5c(-c6cc(-c7ccccc7)cc(-c7ccccc7)c6)cccc5-c5cc(-c6ccccc6)cc(-c6ccccc6)c5)c5ccccc54)ncc3)[c-]c1n2-c1cc(C(C)(C)C)ccn1.[Pt]. The molecule has 0 fully saturated rings. The Morgan fingerprint density at radius 2 is 0.964 bits per heavy atom. The van der Waals surface area contributed by atoms with E-state index in [-0.39, 0.29) is 26.5 Å². The maximum Gasteiger partial charge on any atom is 0.269 e. The smallest absolute Gasteiger partial charge is 0.269 e. The summed E-state index contributed by atoms with van der Waals surface area (Å²) in [5.41, 5.74) is 19.9. The molecule has 9 aromatic carbocycles. The van der Waals surface area contributed by atoms with Crippen molar-refractivity contribution in [2.24, 2.45) is 0 Å². The van der Waals surface area contributed by atoms with Gasteiger partial charge in [-0.25, -0.2) is 4.98 Å². The maximum atomic E-state index is 6.75. The quantitative estimate of drug-likeness (QED) is 0.0956. The van der Waals surface area contributed by atoms with Crippen molar-refractivity contribution in [1.82, 2.24) is 24.1 Å². The van der Waals surface area contributed by atoms with Crippen LogP contribution in [0.1, 0.15) is 32.0 Å². The molecule has 0 N–H and O–H groups in total. The van der Waals surface area contributed by atoms with Crippen molar-refractivity contribution in [3.63, 3.8) is 0 Å². The molecule has 0 saturated carbocycles. The molecule has 14 rings (SSSR count). The number of para-hydroxylation sites is 3. The molecule has 14 aromatic rings. The normalized spacial score (nSPS) is 11.5. The standard InChI is InChI=1S/C75H54N6O.Pt/c1-50-38-70-67(48-78-50)66-33-32-62(46-71(66)81(70)73-45-61(34-36-77-73)75(2,3)4)82-63-35-37-76-72(47-63)79-49-80(69-31-18-17-30-68(69)79)74-64(59-41-55(51-20-9-5-10-21-51)39-56(42-59)52-22-11-6-12-23-52)28-19-29-65(74)60-43-57(53-24-13-7-14-25-53)40-58(44-60)54-26-15-8-16-27-54;/h5-45,48H,1-4H3;/q-2;. The van der Waals surface area contributed by atoms with E-state index in [1.165, 1.54) is 5.56 Å². The fourth-order valence-electron chi connectivity index (χ4n) is 11.3. The molecule has 7 nitrogen and oxygen atoms in total. The van der Waals surface area contributed by atoms with Gasteiger partial charge in [-0.3, -0.25) is 19.1 Å². The van der Waals surface area contributed by atoms with Gasteiger partial charge < -0.3 is 9.30 Å². The first-order chi connectivity index (χ1) is 40.2. The molecule has 8 heteroatoms. The van der Waals surface area contributed by atoms with E-state index in [1.54, 1.807) is 6.20 Å². The Morgan fingerprint density at radius 1 is 0.446 bits per heavy atom. The molecule has 402 valence electrons. The minimum Gasteiger partial charge on any atom is -0.522 e. The third kappa shape index (κ3) is 10.1. The number of aryl methyl sites for hydroxylation is 1. The van der Waals surface area contributed by atoms with Crippen molar-refractivity contribution < 1.29 is 30.4 Å². The van der Waals surface area contributed by atoms with Crippen LogP contribution in [0, 0.1) is 25.4 Å². The topological polar surface area (TPSA) is 61.6 Å². The fourth-order valence-corrected chi connectivity index (χ4v) is 11.3. The number of nitrogens with zero attached hydrogens (tertiary/aromatic N) is 6. The largest absolute Gasteiger partial charge is 0.522 e. The van der Waals surface area contributed by atoms with Crippen LogP contribution in [0.2, 0.25) is 0 Å². The van der Waals surface area contributed by atoms with Crippen molar-refractivity contribution in [1.29, 1.82) is 0 Å². The van der Waals surface area contributed by atoms with Crippen LogP contribution in [0.15, 0.2) is 255 Å². The second kappa shape index (κ2) is 21.9. The summed E-state index contributed by atoms with van der Waals surface area (Å²) in [5, 5.41) is 2.01. The molecule has 0 saturated heterocycles. The van der Waals surface area contributed by atoms with Gasteiger partial charge in [0.15, 0.2) is 0 Å². The molecule has 0 unspecified atom stereocenters. The Labute approximate surface area is 497 Å². The number of aromatic nitrogens is 6. The first-order valence-electron chi connectivity index (χ1n) is 27.6. The van der Waals surface area contributed by atoms with E-state index in [4.69, 9.17) is 19.7 Å². The van der Waals surface area contributed by atoms with Gasteiger partial charge in [-0.15, -0.1) is 17.5 Å². The summed E-state index contributed by atoms with van der Waals surface area (Å²) in [5.74, 6) is 2.32. The van der Waals surface area contributed by atoms with Gasteiger partial charge in [0.25, 0.3) is 6.33 Å². The first kappa shape index (κ1) is 52.6. The average Bonchev–Trinajstić information content (AvgIpc) is 3.41. The zero-order valence-corrected chi connectivity index (χ0v) is 48.4. The Balaban J connectivity index is 0.00000645. The number of pyridine rings is 3. The summed E-state index contributed by atoms with van der Waals surface area (Å²) in [6.07, 6.45) is 9.45. The minimum absolute atomic E-state index is 0. The summed E-state index contributed by atoms with van der Waals surface area (Å²) in [6.45, 7) is 8.66. The van der Waals surface area contributed by atoms with E-state index >= 15 is 0 Å². The van der Waals surface area contributed by atoms with Crippen LogP contribution in [-0.4, -0.2) is 24.1 Å². The molecule has 0 aliphatic rings. The van der Waals surface area contributed by atoms with Crippen LogP contribution in [0.3, 0.4) is 0 Å². The first-order valence-corrected chi connectivity index (χ1v) is 27.6. The third-order valence-corrected chi connectivity index (χ3v) is 15.3. The van der Waals surface area contributed by atoms with Crippen molar-refractivity contribution in [3.05, 3.63) is 285 Å². The monoisotopic (exact) mass is 1250 g/mol. The minimum atomic E-state index is -0.0730. The molecular weight excluding hydrogens is 1200 g/mol. The Morgan fingerprint density at radius 3 is 1.53 bits per heavy atom. The summed E-state index contributed by atoms with van der Waals surface area (Å²) in [4.78, 5) is 14.6. The number of rotatable bonds is 11. The molecule has 0 aliphatic heterocycles. The van der Waals surface area contributed by atoms with Gasteiger partial charge in [-0.05, 0) is 150 Å². The summed E-state index contributed by atoms with van der Waals surface area (Å²) < 4.78 is 13.1. The van der Waals surface area contributed by atoms with Gasteiger partial charge in [0.05, 0.1) is 22.5 Å². The number of benzene rings is 9. The Hall–Kier alpha value is -9.81. The average molecular weight is 1250 g/mol. The van der Waals surface area contributed by atoms with Crippen molar-refractivity contribution in [2.75, 3.05) is 0 Å². The third-order valence-electron chi connectivity index (χ3n) is 15.3. The van der Waals surface area contributed by atoms with Crippen LogP contribution in [0.5, 0.6) is 11.5 Å². The van der Waals surface area contributed by atoms with Crippen LogP contribution >= 0.6 is 0 Å². The van der Waals surface area contributed by atoms with Crippen LogP contribution in [0.25, 0.3) is 117 Å². The molecule has 0 bridgehead atoms. The molecule has 83 heavy (non-hydrogen) atoms. The predicted octanol–water partition coefficient (Wildman–Crippen LogP) is 18.0. The van der Waals surface area contributed by atoms with Gasteiger partial charge in [0, 0.05) is 50.4 Å². The number of ether oxygens (including phenoxy) is 1. The Kier molecular flexibility index (Phi) is 13.9. The molecule has 0 amide bonds. The molecule has 0 radical (unpaired) electrons. The van der Waals surface area contributed by atoms with E-state index in [0.717, 1.165) is 117 Å². The van der Waals surface area contributed by atoms with Crippen molar-refractivity contribution in [2.45, 2.75) is 33.1 Å². The Bertz CT molecular complexity index is 4440. The van der Waals surface area contributed by atoms with E-state index in [2.05, 4.69) is 273 Å². The van der Waals surface area contributed by atoms with Crippen LogP contribution in [-0.2, 0) is 26.5 Å². The second-order valence-electron chi connectivity index (χ2n) is 21.8. The van der Waals surface area contributed by atoms with E-state index in [0.29, 0.717) is 17.3 Å². The molecule has 0 atom stereocenters. The van der Waals surface area contributed by atoms with E-state index < -0.39 is 0 Å². The number of hydrogen-bond donors (Lipinski definition) is 0. The predicted molar refractivity (Wildman–Crippen MR) is 332 cm³/mol. The van der Waals surface area contributed by atoms with E-state index in [1.807, 2.05) is 36.0 Å². The fraction of sp³-hybridized carbons (Fsp3) is 0.0667.